The third-order valence-electron chi connectivity index (χ3n) is 3.47. The Morgan fingerprint density at radius 3 is 2.68 bits per heavy atom. The van der Waals surface area contributed by atoms with Gasteiger partial charge in [-0.3, -0.25) is 4.79 Å². The zero-order chi connectivity index (χ0) is 13.8. The van der Waals surface area contributed by atoms with Gasteiger partial charge < -0.3 is 10.4 Å². The van der Waals surface area contributed by atoms with E-state index in [4.69, 9.17) is 23.2 Å². The number of aliphatic hydroxyl groups excluding tert-OH is 1. The molecular weight excluding hydrogens is 285 g/mol. The molecule has 1 saturated carbocycles. The van der Waals surface area contributed by atoms with E-state index in [-0.39, 0.29) is 11.9 Å². The minimum absolute atomic E-state index is 0.193. The van der Waals surface area contributed by atoms with Crippen molar-refractivity contribution in [2.75, 3.05) is 0 Å². The molecule has 0 saturated heterocycles. The van der Waals surface area contributed by atoms with E-state index in [1.165, 1.54) is 0 Å². The summed E-state index contributed by atoms with van der Waals surface area (Å²) < 4.78 is 0. The average Bonchev–Trinajstić information content (AvgIpc) is 2.55. The number of benzene rings is 1. The summed E-state index contributed by atoms with van der Waals surface area (Å²) in [5.74, 6) is -0.257. The molecule has 2 atom stereocenters. The summed E-state index contributed by atoms with van der Waals surface area (Å²) in [5, 5.41) is 13.7. The van der Waals surface area contributed by atoms with Gasteiger partial charge in [-0.2, -0.15) is 0 Å². The summed E-state index contributed by atoms with van der Waals surface area (Å²) in [6.45, 7) is 0. The van der Waals surface area contributed by atoms with Crippen molar-refractivity contribution in [3.05, 3.63) is 33.8 Å². The minimum Gasteiger partial charge on any atom is -0.391 e. The lowest BCUT2D eigenvalue weighted by molar-refractivity contribution is 0.0819. The highest BCUT2D eigenvalue weighted by Crippen LogP contribution is 2.22. The number of rotatable bonds is 2. The van der Waals surface area contributed by atoms with Crippen LogP contribution in [0.25, 0.3) is 0 Å². The van der Waals surface area contributed by atoms with Gasteiger partial charge in [0.25, 0.3) is 5.91 Å². The SMILES string of the molecule is O=C(NC1CCCCCC1O)c1ccc(Cl)cc1Cl. The van der Waals surface area contributed by atoms with E-state index in [1.807, 2.05) is 0 Å². The molecule has 2 N–H and O–H groups in total. The van der Waals surface area contributed by atoms with Gasteiger partial charge in [0, 0.05) is 5.02 Å². The van der Waals surface area contributed by atoms with Crippen LogP contribution < -0.4 is 5.32 Å². The smallest absolute Gasteiger partial charge is 0.253 e. The zero-order valence-electron chi connectivity index (χ0n) is 10.5. The van der Waals surface area contributed by atoms with Gasteiger partial charge in [0.05, 0.1) is 22.7 Å². The third-order valence-corrected chi connectivity index (χ3v) is 4.02. The monoisotopic (exact) mass is 301 g/mol. The van der Waals surface area contributed by atoms with E-state index in [1.54, 1.807) is 18.2 Å². The number of carbonyl (C=O) groups is 1. The van der Waals surface area contributed by atoms with Gasteiger partial charge in [-0.25, -0.2) is 0 Å². The van der Waals surface area contributed by atoms with E-state index >= 15 is 0 Å². The lowest BCUT2D eigenvalue weighted by atomic mass is 10.1. The highest BCUT2D eigenvalue weighted by Gasteiger charge is 2.24. The number of hydrogen-bond donors (Lipinski definition) is 2. The van der Waals surface area contributed by atoms with Gasteiger partial charge in [-0.1, -0.05) is 42.5 Å². The van der Waals surface area contributed by atoms with Crippen LogP contribution in [0.4, 0.5) is 0 Å². The standard InChI is InChI=1S/C14H17Cl2NO2/c15-9-6-7-10(11(16)8-9)14(19)17-12-4-2-1-3-5-13(12)18/h6-8,12-13,18H,1-5H2,(H,17,19). The molecule has 0 aromatic heterocycles. The molecule has 0 aliphatic heterocycles. The first kappa shape index (κ1) is 14.6. The largest absolute Gasteiger partial charge is 0.391 e. The van der Waals surface area contributed by atoms with Gasteiger partial charge in [-0.15, -0.1) is 0 Å². The van der Waals surface area contributed by atoms with Crippen LogP contribution in [0.1, 0.15) is 42.5 Å². The fourth-order valence-corrected chi connectivity index (χ4v) is 2.87. The van der Waals surface area contributed by atoms with Crippen molar-refractivity contribution in [3.8, 4) is 0 Å². The molecule has 3 nitrogen and oxygen atoms in total. The second kappa shape index (κ2) is 6.60. The number of hydrogen-bond acceptors (Lipinski definition) is 2. The molecule has 1 aliphatic carbocycles. The Morgan fingerprint density at radius 2 is 1.95 bits per heavy atom. The summed E-state index contributed by atoms with van der Waals surface area (Å²) in [6, 6.07) is 4.58. The van der Waals surface area contributed by atoms with Crippen LogP contribution in [0.15, 0.2) is 18.2 Å². The van der Waals surface area contributed by atoms with E-state index in [0.29, 0.717) is 15.6 Å². The van der Waals surface area contributed by atoms with E-state index < -0.39 is 6.10 Å². The number of halogens is 2. The molecule has 0 heterocycles. The topological polar surface area (TPSA) is 49.3 Å². The van der Waals surface area contributed by atoms with Crippen molar-refractivity contribution in [2.24, 2.45) is 0 Å². The van der Waals surface area contributed by atoms with Gasteiger partial charge in [-0.05, 0) is 31.0 Å². The van der Waals surface area contributed by atoms with Crippen LogP contribution in [0.2, 0.25) is 10.0 Å². The lowest BCUT2D eigenvalue weighted by Gasteiger charge is -2.22. The molecule has 1 aromatic rings. The predicted molar refractivity (Wildman–Crippen MR) is 76.8 cm³/mol. The molecule has 1 aliphatic rings. The van der Waals surface area contributed by atoms with Crippen LogP contribution in [-0.4, -0.2) is 23.2 Å². The van der Waals surface area contributed by atoms with Crippen molar-refractivity contribution >= 4 is 29.1 Å². The van der Waals surface area contributed by atoms with E-state index in [0.717, 1.165) is 32.1 Å². The second-order valence-electron chi connectivity index (χ2n) is 4.91. The van der Waals surface area contributed by atoms with Gasteiger partial charge >= 0.3 is 0 Å². The average molecular weight is 302 g/mol. The van der Waals surface area contributed by atoms with Crippen LogP contribution in [-0.2, 0) is 0 Å². The molecule has 5 heteroatoms. The van der Waals surface area contributed by atoms with Crippen LogP contribution in [0.5, 0.6) is 0 Å². The summed E-state index contributed by atoms with van der Waals surface area (Å²) in [6.07, 6.45) is 4.20. The minimum atomic E-state index is -0.475. The van der Waals surface area contributed by atoms with Gasteiger partial charge in [0.15, 0.2) is 0 Å². The van der Waals surface area contributed by atoms with Crippen LogP contribution in [0.3, 0.4) is 0 Å². The van der Waals surface area contributed by atoms with Crippen molar-refractivity contribution in [1.29, 1.82) is 0 Å². The molecule has 19 heavy (non-hydrogen) atoms. The first-order chi connectivity index (χ1) is 9.08. The molecule has 104 valence electrons. The molecule has 2 rings (SSSR count). The highest BCUT2D eigenvalue weighted by molar-refractivity contribution is 6.36. The number of carbonyl (C=O) groups excluding carboxylic acids is 1. The summed E-state index contributed by atoms with van der Waals surface area (Å²) >= 11 is 11.8. The molecule has 0 bridgehead atoms. The Balaban J connectivity index is 2.07. The maximum Gasteiger partial charge on any atom is 0.253 e. The van der Waals surface area contributed by atoms with Crippen LogP contribution in [0, 0.1) is 0 Å². The van der Waals surface area contributed by atoms with Crippen LogP contribution >= 0.6 is 23.2 Å². The number of amides is 1. The lowest BCUT2D eigenvalue weighted by Crippen LogP contribution is -2.42. The third kappa shape index (κ3) is 3.85. The number of aliphatic hydroxyl groups is 1. The normalized spacial score (nSPS) is 23.7. The molecule has 2 unspecified atom stereocenters. The zero-order valence-corrected chi connectivity index (χ0v) is 12.0. The molecular formula is C14H17Cl2NO2. The summed E-state index contributed by atoms with van der Waals surface area (Å²) in [5.41, 5.74) is 0.391. The van der Waals surface area contributed by atoms with Crippen molar-refractivity contribution in [2.45, 2.75) is 44.2 Å². The Hall–Kier alpha value is -0.770. The van der Waals surface area contributed by atoms with Crippen molar-refractivity contribution < 1.29 is 9.90 Å². The molecule has 1 fully saturated rings. The van der Waals surface area contributed by atoms with Crippen molar-refractivity contribution in [3.63, 3.8) is 0 Å². The Kier molecular flexibility index (Phi) is 5.08. The molecule has 1 aromatic carbocycles. The van der Waals surface area contributed by atoms with Gasteiger partial charge in [0.1, 0.15) is 0 Å². The molecule has 1 amide bonds. The first-order valence-electron chi connectivity index (χ1n) is 6.52. The Bertz CT molecular complexity index is 465. The maximum atomic E-state index is 12.2. The van der Waals surface area contributed by atoms with E-state index in [2.05, 4.69) is 5.32 Å². The fourth-order valence-electron chi connectivity index (χ4n) is 2.38. The Labute approximate surface area is 122 Å². The maximum absolute atomic E-state index is 12.2. The summed E-state index contributed by atoms with van der Waals surface area (Å²) in [4.78, 5) is 12.2. The van der Waals surface area contributed by atoms with E-state index in [9.17, 15) is 9.90 Å². The molecule has 0 spiro atoms. The fraction of sp³-hybridized carbons (Fsp3) is 0.500. The van der Waals surface area contributed by atoms with Crippen molar-refractivity contribution in [1.82, 2.24) is 5.32 Å². The molecule has 0 radical (unpaired) electrons. The number of nitrogens with one attached hydrogen (secondary N) is 1. The quantitative estimate of drug-likeness (QED) is 0.822. The summed E-state index contributed by atoms with van der Waals surface area (Å²) in [7, 11) is 0. The predicted octanol–water partition coefficient (Wildman–Crippen LogP) is 3.42. The first-order valence-corrected chi connectivity index (χ1v) is 7.27. The Morgan fingerprint density at radius 1 is 1.21 bits per heavy atom. The van der Waals surface area contributed by atoms with Gasteiger partial charge in [0.2, 0.25) is 0 Å². The highest BCUT2D eigenvalue weighted by atomic mass is 35.5. The second-order valence-corrected chi connectivity index (χ2v) is 5.75.